The van der Waals surface area contributed by atoms with Crippen molar-refractivity contribution < 1.29 is 5.06 Å². The molecule has 0 aliphatic rings. The van der Waals surface area contributed by atoms with E-state index in [1.54, 1.807) is 7.05 Å². The Bertz CT molecular complexity index is 126. The van der Waals surface area contributed by atoms with E-state index in [0.717, 1.165) is 0 Å². The molecule has 0 spiro atoms. The van der Waals surface area contributed by atoms with Crippen molar-refractivity contribution in [2.45, 2.75) is 26.3 Å². The van der Waals surface area contributed by atoms with E-state index in [2.05, 4.69) is 11.9 Å². The quantitative estimate of drug-likeness (QED) is 0.529. The molecule has 3 heteroatoms. The van der Waals surface area contributed by atoms with Crippen LogP contribution in [0.2, 0.25) is 0 Å². The second-order valence-electron chi connectivity index (χ2n) is 3.31. The largest absolute Gasteiger partial charge is 0.627 e. The molecular weight excluding hydrogens is 128 g/mol. The molecule has 0 aromatic carbocycles. The second-order valence-corrected chi connectivity index (χ2v) is 3.31. The standard InChI is InChI=1S/C7H16N2O/c1-6(8-5)9(10)7(2,3)4/h8-9H,1H2,2-5H3. The van der Waals surface area contributed by atoms with E-state index in [0.29, 0.717) is 5.82 Å². The Morgan fingerprint density at radius 2 is 1.90 bits per heavy atom. The van der Waals surface area contributed by atoms with Crippen LogP contribution < -0.4 is 10.4 Å². The molecule has 0 fully saturated rings. The number of nitrogens with one attached hydrogen (secondary N) is 2. The van der Waals surface area contributed by atoms with Crippen LogP contribution in [0.5, 0.6) is 0 Å². The van der Waals surface area contributed by atoms with Crippen LogP contribution in [0.15, 0.2) is 12.4 Å². The molecule has 0 aliphatic heterocycles. The van der Waals surface area contributed by atoms with Crippen LogP contribution in [0.3, 0.4) is 0 Å². The predicted molar refractivity (Wildman–Crippen MR) is 42.3 cm³/mol. The molecule has 2 N–H and O–H groups in total. The highest BCUT2D eigenvalue weighted by Gasteiger charge is 2.19. The summed E-state index contributed by atoms with van der Waals surface area (Å²) in [5.41, 5.74) is -0.319. The minimum absolute atomic E-state index is 0.0648. The molecule has 10 heavy (non-hydrogen) atoms. The normalized spacial score (nSPS) is 14.5. The van der Waals surface area contributed by atoms with Crippen molar-refractivity contribution >= 4 is 0 Å². The van der Waals surface area contributed by atoms with E-state index in [4.69, 9.17) is 0 Å². The van der Waals surface area contributed by atoms with Crippen LogP contribution in [0.4, 0.5) is 0 Å². The maximum Gasteiger partial charge on any atom is 0.192 e. The van der Waals surface area contributed by atoms with Crippen LogP contribution >= 0.6 is 0 Å². The Morgan fingerprint density at radius 1 is 1.50 bits per heavy atom. The fourth-order valence-electron chi connectivity index (χ4n) is 0.566. The first-order chi connectivity index (χ1) is 4.39. The summed E-state index contributed by atoms with van der Waals surface area (Å²) < 4.78 is 0. The summed E-state index contributed by atoms with van der Waals surface area (Å²) in [6.45, 7) is 9.20. The van der Waals surface area contributed by atoms with Crippen LogP contribution in [0, 0.1) is 5.21 Å². The van der Waals surface area contributed by atoms with Crippen LogP contribution in [-0.4, -0.2) is 12.6 Å². The van der Waals surface area contributed by atoms with Crippen molar-refractivity contribution in [1.82, 2.24) is 5.32 Å². The van der Waals surface area contributed by atoms with Gasteiger partial charge in [0.05, 0.1) is 5.54 Å². The maximum absolute atomic E-state index is 11.2. The molecule has 60 valence electrons. The van der Waals surface area contributed by atoms with Crippen molar-refractivity contribution in [2.75, 3.05) is 7.05 Å². The van der Waals surface area contributed by atoms with E-state index >= 15 is 0 Å². The zero-order valence-corrected chi connectivity index (χ0v) is 7.12. The maximum atomic E-state index is 11.2. The molecule has 0 rings (SSSR count). The predicted octanol–water partition coefficient (Wildman–Crippen LogP) is -0.142. The van der Waals surface area contributed by atoms with E-state index in [-0.39, 0.29) is 10.6 Å². The first-order valence-corrected chi connectivity index (χ1v) is 3.31. The van der Waals surface area contributed by atoms with Gasteiger partial charge in [0.25, 0.3) is 0 Å². The number of hydrogen-bond acceptors (Lipinski definition) is 2. The molecule has 0 radical (unpaired) electrons. The van der Waals surface area contributed by atoms with Gasteiger partial charge in [-0.05, 0) is 27.4 Å². The number of rotatable bonds is 2. The van der Waals surface area contributed by atoms with Gasteiger partial charge in [-0.2, -0.15) is 0 Å². The van der Waals surface area contributed by atoms with E-state index in [1.807, 2.05) is 20.8 Å². The SMILES string of the molecule is C=C(NC)[NH+]([O-])C(C)(C)C. The molecule has 0 heterocycles. The zero-order chi connectivity index (χ0) is 8.36. The Morgan fingerprint density at radius 3 is 2.00 bits per heavy atom. The molecule has 0 aromatic heterocycles. The van der Waals surface area contributed by atoms with Gasteiger partial charge in [0.15, 0.2) is 5.82 Å². The highest BCUT2D eigenvalue weighted by Crippen LogP contribution is 1.92. The van der Waals surface area contributed by atoms with Gasteiger partial charge in [-0.1, -0.05) is 0 Å². The Balaban J connectivity index is 4.08. The minimum Gasteiger partial charge on any atom is -0.627 e. The highest BCUT2D eigenvalue weighted by atomic mass is 16.5. The monoisotopic (exact) mass is 144 g/mol. The van der Waals surface area contributed by atoms with Gasteiger partial charge in [-0.15, -0.1) is 0 Å². The average Bonchev–Trinajstić information content (AvgIpc) is 1.83. The van der Waals surface area contributed by atoms with Crippen molar-refractivity contribution in [3.05, 3.63) is 17.6 Å². The fourth-order valence-corrected chi connectivity index (χ4v) is 0.566. The number of hydrogen-bond donors (Lipinski definition) is 2. The lowest BCUT2D eigenvalue weighted by molar-refractivity contribution is -0.862. The Kier molecular flexibility index (Phi) is 2.87. The lowest BCUT2D eigenvalue weighted by Gasteiger charge is -2.35. The molecule has 0 saturated carbocycles. The summed E-state index contributed by atoms with van der Waals surface area (Å²) in [4.78, 5) is 0. The summed E-state index contributed by atoms with van der Waals surface area (Å²) in [5.74, 6) is 0.479. The Labute approximate surface area is 62.3 Å². The summed E-state index contributed by atoms with van der Waals surface area (Å²) in [6.07, 6.45) is 0. The van der Waals surface area contributed by atoms with Gasteiger partial charge in [0.1, 0.15) is 0 Å². The summed E-state index contributed by atoms with van der Waals surface area (Å²) in [6, 6.07) is 0. The smallest absolute Gasteiger partial charge is 0.192 e. The minimum atomic E-state index is -0.319. The fraction of sp³-hybridized carbons (Fsp3) is 0.714. The van der Waals surface area contributed by atoms with Crippen molar-refractivity contribution in [3.8, 4) is 0 Å². The van der Waals surface area contributed by atoms with Crippen molar-refractivity contribution in [3.63, 3.8) is 0 Å². The van der Waals surface area contributed by atoms with Gasteiger partial charge in [0, 0.05) is 7.05 Å². The number of hydroxylamine groups is 2. The van der Waals surface area contributed by atoms with Gasteiger partial charge in [-0.25, -0.2) is 0 Å². The van der Waals surface area contributed by atoms with Crippen LogP contribution in [-0.2, 0) is 0 Å². The summed E-state index contributed by atoms with van der Waals surface area (Å²) in [7, 11) is 1.70. The van der Waals surface area contributed by atoms with E-state index < -0.39 is 0 Å². The lowest BCUT2D eigenvalue weighted by atomic mass is 10.1. The topological polar surface area (TPSA) is 39.5 Å². The molecule has 0 amide bonds. The second kappa shape index (κ2) is 3.03. The lowest BCUT2D eigenvalue weighted by Crippen LogP contribution is -3.14. The molecule has 0 bridgehead atoms. The Hall–Kier alpha value is -0.540. The summed E-state index contributed by atoms with van der Waals surface area (Å²) >= 11 is 0. The first-order valence-electron chi connectivity index (χ1n) is 3.31. The van der Waals surface area contributed by atoms with Gasteiger partial charge >= 0.3 is 0 Å². The van der Waals surface area contributed by atoms with Crippen LogP contribution in [0.25, 0.3) is 0 Å². The third-order valence-corrected chi connectivity index (χ3v) is 1.26. The van der Waals surface area contributed by atoms with E-state index in [1.165, 1.54) is 0 Å². The van der Waals surface area contributed by atoms with Gasteiger partial charge < -0.3 is 15.6 Å². The molecule has 0 aliphatic carbocycles. The molecule has 1 atom stereocenters. The third-order valence-electron chi connectivity index (χ3n) is 1.26. The van der Waals surface area contributed by atoms with E-state index in [9.17, 15) is 5.21 Å². The molecule has 3 nitrogen and oxygen atoms in total. The van der Waals surface area contributed by atoms with Crippen LogP contribution in [0.1, 0.15) is 20.8 Å². The molecular formula is C7H16N2O. The first kappa shape index (κ1) is 9.46. The average molecular weight is 144 g/mol. The van der Waals surface area contributed by atoms with Crippen molar-refractivity contribution in [1.29, 1.82) is 0 Å². The number of quaternary nitrogens is 1. The van der Waals surface area contributed by atoms with Gasteiger partial charge in [0.2, 0.25) is 0 Å². The highest BCUT2D eigenvalue weighted by molar-refractivity contribution is 4.77. The molecule has 1 unspecified atom stereocenters. The zero-order valence-electron chi connectivity index (χ0n) is 7.12. The molecule has 0 aromatic rings. The third kappa shape index (κ3) is 2.37. The summed E-state index contributed by atoms with van der Waals surface area (Å²) in [5, 5.41) is 14.0. The van der Waals surface area contributed by atoms with Gasteiger partial charge in [-0.3, -0.25) is 0 Å². The molecule has 0 saturated heterocycles. The van der Waals surface area contributed by atoms with Crippen molar-refractivity contribution in [2.24, 2.45) is 0 Å².